The fourth-order valence-corrected chi connectivity index (χ4v) is 1.34. The highest BCUT2D eigenvalue weighted by Gasteiger charge is 2.32. The molecule has 0 saturated carbocycles. The molecule has 8 heteroatoms. The lowest BCUT2D eigenvalue weighted by atomic mass is 9.99. The van der Waals surface area contributed by atoms with Gasteiger partial charge in [0.25, 0.3) is 0 Å². The van der Waals surface area contributed by atoms with Gasteiger partial charge in [0, 0.05) is 19.4 Å². The minimum absolute atomic E-state index is 0.0507. The predicted octanol–water partition coefficient (Wildman–Crippen LogP) is 2.33. The molecule has 0 spiro atoms. The quantitative estimate of drug-likeness (QED) is 0.670. The van der Waals surface area contributed by atoms with Crippen LogP contribution in [0.3, 0.4) is 0 Å². The fourth-order valence-electron chi connectivity index (χ4n) is 1.34. The standard InChI is InChI=1S/C11H16F3NO4/c1-2-5-19-10(18)15-7-8(3-4-9(16)17)6-11(12,13)14/h2,8H,1,3-7H2,(H,15,18)(H,16,17). The van der Waals surface area contributed by atoms with Crippen LogP contribution in [0.15, 0.2) is 12.7 Å². The van der Waals surface area contributed by atoms with Crippen LogP contribution in [-0.2, 0) is 9.53 Å². The zero-order valence-electron chi connectivity index (χ0n) is 10.2. The van der Waals surface area contributed by atoms with E-state index in [4.69, 9.17) is 5.11 Å². The fraction of sp³-hybridized carbons (Fsp3) is 0.636. The van der Waals surface area contributed by atoms with Crippen LogP contribution >= 0.6 is 0 Å². The summed E-state index contributed by atoms with van der Waals surface area (Å²) in [7, 11) is 0. The van der Waals surface area contributed by atoms with Crippen LogP contribution in [0.25, 0.3) is 0 Å². The third kappa shape index (κ3) is 11.1. The lowest BCUT2D eigenvalue weighted by Gasteiger charge is -2.18. The van der Waals surface area contributed by atoms with Gasteiger partial charge in [-0.05, 0) is 12.3 Å². The van der Waals surface area contributed by atoms with Gasteiger partial charge in [-0.3, -0.25) is 4.79 Å². The molecule has 0 aliphatic rings. The number of hydrogen-bond donors (Lipinski definition) is 2. The maximum atomic E-state index is 12.3. The van der Waals surface area contributed by atoms with E-state index in [1.807, 2.05) is 0 Å². The molecule has 0 aromatic rings. The van der Waals surface area contributed by atoms with Gasteiger partial charge in [0.2, 0.25) is 0 Å². The number of ether oxygens (including phenoxy) is 1. The first-order valence-electron chi connectivity index (χ1n) is 5.54. The Morgan fingerprint density at radius 2 is 2.05 bits per heavy atom. The number of amides is 1. The van der Waals surface area contributed by atoms with Crippen molar-refractivity contribution in [3.63, 3.8) is 0 Å². The number of carboxylic acids is 1. The second kappa shape index (κ2) is 8.39. The third-order valence-corrected chi connectivity index (χ3v) is 2.15. The number of alkyl carbamates (subject to hydrolysis) is 1. The SMILES string of the molecule is C=CCOC(=O)NCC(CCC(=O)O)CC(F)(F)F. The average Bonchev–Trinajstić information content (AvgIpc) is 2.28. The van der Waals surface area contributed by atoms with E-state index in [9.17, 15) is 22.8 Å². The number of carbonyl (C=O) groups is 2. The van der Waals surface area contributed by atoms with E-state index in [0.717, 1.165) is 0 Å². The van der Waals surface area contributed by atoms with E-state index in [1.54, 1.807) is 0 Å². The molecule has 1 unspecified atom stereocenters. The predicted molar refractivity (Wildman–Crippen MR) is 60.6 cm³/mol. The Balaban J connectivity index is 4.21. The Hall–Kier alpha value is -1.73. The van der Waals surface area contributed by atoms with Gasteiger partial charge < -0.3 is 15.2 Å². The molecule has 0 aromatic carbocycles. The van der Waals surface area contributed by atoms with E-state index >= 15 is 0 Å². The normalized spacial score (nSPS) is 12.6. The summed E-state index contributed by atoms with van der Waals surface area (Å²) in [5.41, 5.74) is 0. The first kappa shape index (κ1) is 17.3. The van der Waals surface area contributed by atoms with E-state index < -0.39 is 30.6 Å². The van der Waals surface area contributed by atoms with E-state index in [2.05, 4.69) is 16.6 Å². The monoisotopic (exact) mass is 283 g/mol. The molecule has 2 N–H and O–H groups in total. The molecule has 0 aromatic heterocycles. The molecule has 110 valence electrons. The molecule has 0 radical (unpaired) electrons. The Morgan fingerprint density at radius 1 is 1.42 bits per heavy atom. The molecular weight excluding hydrogens is 267 g/mol. The van der Waals surface area contributed by atoms with Gasteiger partial charge in [-0.1, -0.05) is 12.7 Å². The first-order chi connectivity index (χ1) is 8.74. The van der Waals surface area contributed by atoms with Crippen LogP contribution in [0.4, 0.5) is 18.0 Å². The van der Waals surface area contributed by atoms with Crippen molar-refractivity contribution in [2.45, 2.75) is 25.4 Å². The summed E-state index contributed by atoms with van der Waals surface area (Å²) >= 11 is 0. The van der Waals surface area contributed by atoms with Gasteiger partial charge in [0.15, 0.2) is 0 Å². The van der Waals surface area contributed by atoms with Gasteiger partial charge in [-0.2, -0.15) is 13.2 Å². The lowest BCUT2D eigenvalue weighted by molar-refractivity contribution is -0.147. The largest absolute Gasteiger partial charge is 0.481 e. The topological polar surface area (TPSA) is 75.6 Å². The minimum atomic E-state index is -4.41. The number of rotatable bonds is 8. The van der Waals surface area contributed by atoms with Crippen LogP contribution < -0.4 is 5.32 Å². The second-order valence-electron chi connectivity index (χ2n) is 3.89. The summed E-state index contributed by atoms with van der Waals surface area (Å²) in [6, 6.07) is 0. The molecule has 0 heterocycles. The van der Waals surface area contributed by atoms with Gasteiger partial charge in [0.1, 0.15) is 6.61 Å². The average molecular weight is 283 g/mol. The smallest absolute Gasteiger partial charge is 0.407 e. The Bertz CT molecular complexity index is 318. The Labute approximate surface area is 108 Å². The van der Waals surface area contributed by atoms with Crippen molar-refractivity contribution in [2.75, 3.05) is 13.2 Å². The molecule has 19 heavy (non-hydrogen) atoms. The number of aliphatic carboxylic acids is 1. The van der Waals surface area contributed by atoms with Crippen molar-refractivity contribution in [3.05, 3.63) is 12.7 Å². The lowest BCUT2D eigenvalue weighted by Crippen LogP contribution is -2.32. The van der Waals surface area contributed by atoms with E-state index in [0.29, 0.717) is 0 Å². The number of carbonyl (C=O) groups excluding carboxylic acids is 1. The summed E-state index contributed by atoms with van der Waals surface area (Å²) in [6.07, 6.45) is -5.65. The number of carboxylic acid groups (broad SMARTS) is 1. The van der Waals surface area contributed by atoms with Crippen molar-refractivity contribution >= 4 is 12.1 Å². The van der Waals surface area contributed by atoms with Crippen LogP contribution in [0.1, 0.15) is 19.3 Å². The molecular formula is C11H16F3NO4. The highest BCUT2D eigenvalue weighted by molar-refractivity contribution is 5.67. The molecule has 1 amide bonds. The van der Waals surface area contributed by atoms with Crippen LogP contribution in [0, 0.1) is 5.92 Å². The van der Waals surface area contributed by atoms with Crippen LogP contribution in [0.2, 0.25) is 0 Å². The van der Waals surface area contributed by atoms with Crippen LogP contribution in [0.5, 0.6) is 0 Å². The summed E-state index contributed by atoms with van der Waals surface area (Å²) < 4.78 is 41.3. The summed E-state index contributed by atoms with van der Waals surface area (Å²) in [4.78, 5) is 21.4. The second-order valence-corrected chi connectivity index (χ2v) is 3.89. The third-order valence-electron chi connectivity index (χ3n) is 2.15. The summed E-state index contributed by atoms with van der Waals surface area (Å²) in [5, 5.41) is 10.6. The summed E-state index contributed by atoms with van der Waals surface area (Å²) in [6.45, 7) is 2.97. The minimum Gasteiger partial charge on any atom is -0.481 e. The van der Waals surface area contributed by atoms with Crippen LogP contribution in [-0.4, -0.2) is 36.5 Å². The maximum absolute atomic E-state index is 12.3. The zero-order valence-corrected chi connectivity index (χ0v) is 10.2. The highest BCUT2D eigenvalue weighted by Crippen LogP contribution is 2.27. The number of halogens is 3. The number of alkyl halides is 3. The van der Waals surface area contributed by atoms with Gasteiger partial charge in [-0.15, -0.1) is 0 Å². The van der Waals surface area contributed by atoms with Crippen molar-refractivity contribution in [3.8, 4) is 0 Å². The first-order valence-corrected chi connectivity index (χ1v) is 5.54. The van der Waals surface area contributed by atoms with Gasteiger partial charge in [0.05, 0.1) is 0 Å². The molecule has 0 bridgehead atoms. The zero-order chi connectivity index (χ0) is 14.9. The van der Waals surface area contributed by atoms with Crippen molar-refractivity contribution in [1.82, 2.24) is 5.32 Å². The molecule has 0 fully saturated rings. The maximum Gasteiger partial charge on any atom is 0.407 e. The molecule has 0 saturated heterocycles. The van der Waals surface area contributed by atoms with Gasteiger partial charge >= 0.3 is 18.2 Å². The van der Waals surface area contributed by atoms with Crippen molar-refractivity contribution in [2.24, 2.45) is 5.92 Å². The van der Waals surface area contributed by atoms with Crippen molar-refractivity contribution in [1.29, 1.82) is 0 Å². The molecule has 1 atom stereocenters. The Morgan fingerprint density at radius 3 is 2.53 bits per heavy atom. The molecule has 5 nitrogen and oxygen atoms in total. The number of hydrogen-bond acceptors (Lipinski definition) is 3. The molecule has 0 aliphatic heterocycles. The van der Waals surface area contributed by atoms with Gasteiger partial charge in [-0.25, -0.2) is 4.79 Å². The molecule has 0 aliphatic carbocycles. The van der Waals surface area contributed by atoms with Crippen molar-refractivity contribution < 1.29 is 32.6 Å². The molecule has 0 rings (SSSR count). The van der Waals surface area contributed by atoms with E-state index in [-0.39, 0.29) is 26.0 Å². The Kier molecular flexibility index (Phi) is 7.62. The van der Waals surface area contributed by atoms with E-state index in [1.165, 1.54) is 6.08 Å². The summed E-state index contributed by atoms with van der Waals surface area (Å²) in [5.74, 6) is -2.17. The number of nitrogens with one attached hydrogen (secondary N) is 1. The highest BCUT2D eigenvalue weighted by atomic mass is 19.4.